The highest BCUT2D eigenvalue weighted by molar-refractivity contribution is 9.10. The Labute approximate surface area is 133 Å². The summed E-state index contributed by atoms with van der Waals surface area (Å²) in [5.74, 6) is 0.241. The largest absolute Gasteiger partial charge is 0.495 e. The molecule has 1 fully saturated rings. The zero-order valence-corrected chi connectivity index (χ0v) is 14.3. The van der Waals surface area contributed by atoms with Crippen LogP contribution in [-0.2, 0) is 10.0 Å². The molecule has 0 spiro atoms. The number of sulfonamides is 1. The summed E-state index contributed by atoms with van der Waals surface area (Å²) < 4.78 is 27.6. The van der Waals surface area contributed by atoms with Crippen LogP contribution in [-0.4, -0.2) is 33.0 Å². The summed E-state index contributed by atoms with van der Waals surface area (Å²) in [6, 6.07) is 5.10. The average Bonchev–Trinajstić information content (AvgIpc) is 2.84. The number of nitrogens with zero attached hydrogens (tertiary/aromatic N) is 2. The minimum Gasteiger partial charge on any atom is -0.495 e. The maximum absolute atomic E-state index is 11.0. The van der Waals surface area contributed by atoms with E-state index in [0.29, 0.717) is 10.5 Å². The van der Waals surface area contributed by atoms with Gasteiger partial charge in [0, 0.05) is 17.1 Å². The van der Waals surface area contributed by atoms with Crippen molar-refractivity contribution in [3.05, 3.63) is 22.7 Å². The maximum Gasteiger partial charge on any atom is 0.241 e. The van der Waals surface area contributed by atoms with Crippen LogP contribution < -0.4 is 9.88 Å². The molecule has 1 atom stereocenters. The van der Waals surface area contributed by atoms with Crippen molar-refractivity contribution in [3.63, 3.8) is 0 Å². The molecule has 1 aliphatic rings. The molecule has 0 saturated carbocycles. The quantitative estimate of drug-likeness (QED) is 0.797. The third kappa shape index (κ3) is 5.19. The molecule has 0 bridgehead atoms. The summed E-state index contributed by atoms with van der Waals surface area (Å²) >= 11 is 3.14. The van der Waals surface area contributed by atoms with E-state index in [9.17, 15) is 8.42 Å². The lowest BCUT2D eigenvalue weighted by Crippen LogP contribution is -2.20. The molecule has 0 aromatic heterocycles. The van der Waals surface area contributed by atoms with Crippen LogP contribution in [0.15, 0.2) is 27.6 Å². The Morgan fingerprint density at radius 3 is 2.57 bits per heavy atom. The topological polar surface area (TPSA) is 96.4 Å². The van der Waals surface area contributed by atoms with Gasteiger partial charge < -0.3 is 9.64 Å². The Bertz CT molecular complexity index is 628. The lowest BCUT2D eigenvalue weighted by molar-refractivity contribution is 0.388. The van der Waals surface area contributed by atoms with Crippen molar-refractivity contribution >= 4 is 26.0 Å². The summed E-state index contributed by atoms with van der Waals surface area (Å²) in [4.78, 5) is 1.81. The molecule has 1 saturated heterocycles. The van der Waals surface area contributed by atoms with Crippen molar-refractivity contribution in [1.82, 2.24) is 4.90 Å². The Morgan fingerprint density at radius 1 is 1.52 bits per heavy atom. The molecule has 8 heteroatoms. The first-order valence-electron chi connectivity index (χ1n) is 6.32. The van der Waals surface area contributed by atoms with E-state index in [1.165, 1.54) is 32.1 Å². The minimum atomic E-state index is -3.72. The van der Waals surface area contributed by atoms with Gasteiger partial charge in [0.2, 0.25) is 10.0 Å². The molecule has 1 aromatic rings. The van der Waals surface area contributed by atoms with E-state index < -0.39 is 10.0 Å². The normalized spacial score (nSPS) is 17.7. The first kappa shape index (κ1) is 17.8. The number of ether oxygens (including phenoxy) is 1. The van der Waals surface area contributed by atoms with E-state index >= 15 is 0 Å². The van der Waals surface area contributed by atoms with Crippen molar-refractivity contribution in [2.45, 2.75) is 30.7 Å². The molecule has 0 radical (unpaired) electrons. The molecule has 21 heavy (non-hydrogen) atoms. The monoisotopic (exact) mass is 375 g/mol. The van der Waals surface area contributed by atoms with Gasteiger partial charge in [-0.05, 0) is 38.0 Å². The summed E-state index contributed by atoms with van der Waals surface area (Å²) in [5.41, 5.74) is 0. The number of hydrogen-bond acceptors (Lipinski definition) is 5. The van der Waals surface area contributed by atoms with E-state index in [0.717, 1.165) is 6.54 Å². The summed E-state index contributed by atoms with van der Waals surface area (Å²) in [7, 11) is -2.34. The van der Waals surface area contributed by atoms with E-state index in [1.54, 1.807) is 6.07 Å². The second-order valence-corrected chi connectivity index (χ2v) is 7.07. The van der Waals surface area contributed by atoms with Gasteiger partial charge in [-0.15, -0.1) is 0 Å². The van der Waals surface area contributed by atoms with Crippen LogP contribution in [0.5, 0.6) is 5.75 Å². The van der Waals surface area contributed by atoms with E-state index in [-0.39, 0.29) is 10.6 Å². The number of hydrogen-bond donors (Lipinski definition) is 1. The molecule has 0 unspecified atom stereocenters. The fourth-order valence-corrected chi connectivity index (χ4v) is 3.19. The van der Waals surface area contributed by atoms with E-state index in [4.69, 9.17) is 15.1 Å². The molecule has 6 nitrogen and oxygen atoms in total. The standard InChI is InChI=1S/C7H8BrNO3S.C6H10N2/c1-12-6-3-2-5(8)4-7(6)13(9,10)11;1-6-3-2-4-8(6)5-7/h2-4H,1H3,(H2,9,10,11);6H,2-4H2,1H3/t;6-/m.0/s1. The number of methoxy groups -OCH3 is 1. The fraction of sp³-hybridized carbons (Fsp3) is 0.462. The minimum absolute atomic E-state index is 0.0237. The van der Waals surface area contributed by atoms with Gasteiger partial charge in [0.1, 0.15) is 10.6 Å². The molecule has 1 heterocycles. The zero-order chi connectivity index (χ0) is 16.0. The second kappa shape index (κ2) is 7.64. The van der Waals surface area contributed by atoms with Crippen LogP contribution in [0, 0.1) is 11.5 Å². The first-order valence-corrected chi connectivity index (χ1v) is 8.66. The molecule has 2 N–H and O–H groups in total. The van der Waals surface area contributed by atoms with Crippen LogP contribution in [0.25, 0.3) is 0 Å². The van der Waals surface area contributed by atoms with Crippen molar-refractivity contribution in [2.24, 2.45) is 5.14 Å². The van der Waals surface area contributed by atoms with Gasteiger partial charge >= 0.3 is 0 Å². The first-order chi connectivity index (χ1) is 9.79. The molecule has 1 aromatic carbocycles. The number of likely N-dealkylation sites (tertiary alicyclic amines) is 1. The van der Waals surface area contributed by atoms with Crippen LogP contribution in [0.3, 0.4) is 0 Å². The second-order valence-electron chi connectivity index (χ2n) is 4.62. The van der Waals surface area contributed by atoms with Gasteiger partial charge in [-0.25, -0.2) is 13.6 Å². The molecular formula is C13H18BrN3O3S. The van der Waals surface area contributed by atoms with Gasteiger partial charge in [0.25, 0.3) is 0 Å². The average molecular weight is 376 g/mol. The van der Waals surface area contributed by atoms with Crippen LogP contribution in [0.4, 0.5) is 0 Å². The van der Waals surface area contributed by atoms with Gasteiger partial charge in [-0.2, -0.15) is 5.26 Å². The molecule has 2 rings (SSSR count). The maximum atomic E-state index is 11.0. The van der Waals surface area contributed by atoms with Crippen molar-refractivity contribution in [1.29, 1.82) is 5.26 Å². The number of rotatable bonds is 2. The van der Waals surface area contributed by atoms with E-state index in [1.807, 2.05) is 4.90 Å². The molecule has 116 valence electrons. The van der Waals surface area contributed by atoms with Crippen LogP contribution in [0.2, 0.25) is 0 Å². The lowest BCUT2D eigenvalue weighted by atomic mass is 10.2. The molecule has 1 aliphatic heterocycles. The molecular weight excluding hydrogens is 358 g/mol. The van der Waals surface area contributed by atoms with Crippen molar-refractivity contribution in [2.75, 3.05) is 13.7 Å². The Kier molecular flexibility index (Phi) is 6.45. The SMILES string of the molecule is COc1ccc(Br)cc1S(N)(=O)=O.C[C@H]1CCCN1C#N. The highest BCUT2D eigenvalue weighted by Crippen LogP contribution is 2.25. The predicted octanol–water partition coefficient (Wildman–Crippen LogP) is 2.06. The smallest absolute Gasteiger partial charge is 0.241 e. The van der Waals surface area contributed by atoms with Crippen molar-refractivity contribution < 1.29 is 13.2 Å². The fourth-order valence-electron chi connectivity index (χ4n) is 1.95. The summed E-state index contributed by atoms with van der Waals surface area (Å²) in [6.07, 6.45) is 4.52. The van der Waals surface area contributed by atoms with Gasteiger partial charge in [0.05, 0.1) is 7.11 Å². The number of benzene rings is 1. The Balaban J connectivity index is 0.000000235. The Hall–Kier alpha value is -1.30. The van der Waals surface area contributed by atoms with Crippen molar-refractivity contribution in [3.8, 4) is 11.9 Å². The zero-order valence-electron chi connectivity index (χ0n) is 11.9. The molecule has 0 amide bonds. The number of primary sulfonamides is 1. The van der Waals surface area contributed by atoms with Gasteiger partial charge in [-0.3, -0.25) is 0 Å². The van der Waals surface area contributed by atoms with E-state index in [2.05, 4.69) is 29.0 Å². The number of halogens is 1. The number of nitrogens with two attached hydrogens (primary N) is 1. The van der Waals surface area contributed by atoms with Gasteiger partial charge in [0.15, 0.2) is 6.19 Å². The highest BCUT2D eigenvalue weighted by atomic mass is 79.9. The van der Waals surface area contributed by atoms with Gasteiger partial charge in [-0.1, -0.05) is 15.9 Å². The van der Waals surface area contributed by atoms with Crippen LogP contribution >= 0.6 is 15.9 Å². The van der Waals surface area contributed by atoms with Crippen LogP contribution in [0.1, 0.15) is 19.8 Å². The third-order valence-corrected chi connectivity index (χ3v) is 4.54. The number of nitriles is 1. The Morgan fingerprint density at radius 2 is 2.19 bits per heavy atom. The third-order valence-electron chi connectivity index (χ3n) is 3.11. The highest BCUT2D eigenvalue weighted by Gasteiger charge is 2.17. The summed E-state index contributed by atoms with van der Waals surface area (Å²) in [5, 5.41) is 13.4. The predicted molar refractivity (Wildman–Crippen MR) is 83.1 cm³/mol. The summed E-state index contributed by atoms with van der Waals surface area (Å²) in [6.45, 7) is 3.06. The molecule has 0 aliphatic carbocycles. The lowest BCUT2D eigenvalue weighted by Gasteiger charge is -2.10.